The van der Waals surface area contributed by atoms with Crippen LogP contribution in [0.3, 0.4) is 0 Å². The zero-order valence-corrected chi connectivity index (χ0v) is 14.0. The number of aryl methyl sites for hydroxylation is 2. The van der Waals surface area contributed by atoms with Gasteiger partial charge >= 0.3 is 5.97 Å². The number of amides is 1. The number of benzene rings is 1. The van der Waals surface area contributed by atoms with Gasteiger partial charge in [-0.1, -0.05) is 13.0 Å². The fraction of sp³-hybridized carbons (Fsp3) is 0.556. The summed E-state index contributed by atoms with van der Waals surface area (Å²) in [6.45, 7) is 7.25. The minimum atomic E-state index is -0.819. The number of carbonyl (C=O) groups is 2. The number of ether oxygens (including phenoxy) is 1. The van der Waals surface area contributed by atoms with Gasteiger partial charge in [-0.25, -0.2) is 0 Å². The summed E-state index contributed by atoms with van der Waals surface area (Å²) in [5.74, 6) is -0.323. The molecule has 0 radical (unpaired) electrons. The normalized spacial score (nSPS) is 21.1. The quantitative estimate of drug-likeness (QED) is 0.906. The van der Waals surface area contributed by atoms with E-state index in [2.05, 4.69) is 6.07 Å². The van der Waals surface area contributed by atoms with Crippen molar-refractivity contribution in [2.75, 3.05) is 19.7 Å². The second-order valence-corrected chi connectivity index (χ2v) is 6.60. The number of likely N-dealkylation sites (tertiary alicyclic amines) is 1. The zero-order valence-electron chi connectivity index (χ0n) is 14.0. The Hall–Kier alpha value is -2.04. The molecule has 0 aliphatic carbocycles. The van der Waals surface area contributed by atoms with Crippen LogP contribution in [-0.2, 0) is 9.59 Å². The number of carboxylic acid groups (broad SMARTS) is 1. The van der Waals surface area contributed by atoms with E-state index in [4.69, 9.17) is 9.84 Å². The zero-order chi connectivity index (χ0) is 17.0. The van der Waals surface area contributed by atoms with Crippen LogP contribution < -0.4 is 4.74 Å². The Balaban J connectivity index is 1.85. The minimum absolute atomic E-state index is 0.0350. The van der Waals surface area contributed by atoms with Gasteiger partial charge < -0.3 is 14.7 Å². The molecule has 1 amide bonds. The minimum Gasteiger partial charge on any atom is -0.493 e. The SMILES string of the molecule is Cc1cc(C)cc(OCCC(=O)N2CC(C)CC(C(=O)O)C2)c1. The topological polar surface area (TPSA) is 66.8 Å². The number of nitrogens with zero attached hydrogens (tertiary/aromatic N) is 1. The van der Waals surface area contributed by atoms with E-state index in [-0.39, 0.29) is 18.2 Å². The molecule has 0 aromatic heterocycles. The number of piperidine rings is 1. The van der Waals surface area contributed by atoms with E-state index < -0.39 is 11.9 Å². The highest BCUT2D eigenvalue weighted by Gasteiger charge is 2.31. The number of carboxylic acids is 1. The standard InChI is InChI=1S/C18H25NO4/c1-12-6-13(2)9-16(8-12)23-5-4-17(20)19-10-14(3)7-15(11-19)18(21)22/h6,8-9,14-15H,4-5,7,10-11H2,1-3H3,(H,21,22). The lowest BCUT2D eigenvalue weighted by atomic mass is 9.90. The Morgan fingerprint density at radius 3 is 2.48 bits per heavy atom. The Kier molecular flexibility index (Phi) is 5.64. The van der Waals surface area contributed by atoms with Gasteiger partial charge in [0.25, 0.3) is 0 Å². The molecule has 5 nitrogen and oxygen atoms in total. The van der Waals surface area contributed by atoms with Crippen LogP contribution in [0.4, 0.5) is 0 Å². The van der Waals surface area contributed by atoms with Crippen molar-refractivity contribution in [1.29, 1.82) is 0 Å². The second kappa shape index (κ2) is 7.49. The molecule has 1 N–H and O–H groups in total. The van der Waals surface area contributed by atoms with Crippen LogP contribution in [0.1, 0.15) is 30.9 Å². The first kappa shape index (κ1) is 17.3. The average molecular weight is 319 g/mol. The maximum Gasteiger partial charge on any atom is 0.308 e. The molecule has 1 aliphatic rings. The molecule has 2 rings (SSSR count). The number of carbonyl (C=O) groups excluding carboxylic acids is 1. The van der Waals surface area contributed by atoms with E-state index in [1.165, 1.54) is 0 Å². The lowest BCUT2D eigenvalue weighted by Crippen LogP contribution is -2.45. The maximum atomic E-state index is 12.3. The van der Waals surface area contributed by atoms with Crippen molar-refractivity contribution in [3.05, 3.63) is 29.3 Å². The van der Waals surface area contributed by atoms with E-state index in [0.29, 0.717) is 26.1 Å². The van der Waals surface area contributed by atoms with E-state index in [1.807, 2.05) is 32.9 Å². The van der Waals surface area contributed by atoms with Gasteiger partial charge in [0.15, 0.2) is 0 Å². The molecule has 1 aromatic rings. The summed E-state index contributed by atoms with van der Waals surface area (Å²) in [4.78, 5) is 25.1. The molecular weight excluding hydrogens is 294 g/mol. The Bertz CT molecular complexity index is 564. The lowest BCUT2D eigenvalue weighted by Gasteiger charge is -2.34. The molecule has 1 saturated heterocycles. The first-order valence-electron chi connectivity index (χ1n) is 8.07. The van der Waals surface area contributed by atoms with Gasteiger partial charge in [0, 0.05) is 13.1 Å². The highest BCUT2D eigenvalue weighted by atomic mass is 16.5. The van der Waals surface area contributed by atoms with Gasteiger partial charge in [-0.05, 0) is 49.4 Å². The molecule has 0 bridgehead atoms. The third-order valence-electron chi connectivity index (χ3n) is 4.14. The molecule has 1 heterocycles. The summed E-state index contributed by atoms with van der Waals surface area (Å²) >= 11 is 0. The van der Waals surface area contributed by atoms with Crippen LogP contribution in [0.15, 0.2) is 18.2 Å². The predicted molar refractivity (Wildman–Crippen MR) is 87.5 cm³/mol. The van der Waals surface area contributed by atoms with Gasteiger partial charge in [0.1, 0.15) is 5.75 Å². The van der Waals surface area contributed by atoms with E-state index in [0.717, 1.165) is 16.9 Å². The van der Waals surface area contributed by atoms with Crippen LogP contribution in [-0.4, -0.2) is 41.6 Å². The van der Waals surface area contributed by atoms with E-state index in [9.17, 15) is 9.59 Å². The molecule has 1 aliphatic heterocycles. The number of aliphatic carboxylic acids is 1. The van der Waals surface area contributed by atoms with Crippen molar-refractivity contribution >= 4 is 11.9 Å². The van der Waals surface area contributed by atoms with Gasteiger partial charge in [-0.15, -0.1) is 0 Å². The van der Waals surface area contributed by atoms with Crippen LogP contribution in [0.5, 0.6) is 5.75 Å². The van der Waals surface area contributed by atoms with Crippen molar-refractivity contribution in [2.45, 2.75) is 33.6 Å². The molecule has 2 atom stereocenters. The first-order valence-corrected chi connectivity index (χ1v) is 8.07. The van der Waals surface area contributed by atoms with Crippen molar-refractivity contribution in [2.24, 2.45) is 11.8 Å². The van der Waals surface area contributed by atoms with Gasteiger partial charge in [0.2, 0.25) is 5.91 Å². The van der Waals surface area contributed by atoms with E-state index >= 15 is 0 Å². The highest BCUT2D eigenvalue weighted by Crippen LogP contribution is 2.22. The maximum absolute atomic E-state index is 12.3. The van der Waals surface area contributed by atoms with Gasteiger partial charge in [-0.3, -0.25) is 9.59 Å². The van der Waals surface area contributed by atoms with Crippen molar-refractivity contribution in [3.8, 4) is 5.75 Å². The van der Waals surface area contributed by atoms with Crippen LogP contribution in [0.2, 0.25) is 0 Å². The summed E-state index contributed by atoms with van der Waals surface area (Å²) in [7, 11) is 0. The smallest absolute Gasteiger partial charge is 0.308 e. The molecular formula is C18H25NO4. The molecule has 0 spiro atoms. The lowest BCUT2D eigenvalue weighted by molar-refractivity contribution is -0.147. The highest BCUT2D eigenvalue weighted by molar-refractivity contribution is 5.78. The first-order chi connectivity index (χ1) is 10.8. The Labute approximate surface area is 137 Å². The molecule has 23 heavy (non-hydrogen) atoms. The second-order valence-electron chi connectivity index (χ2n) is 6.60. The largest absolute Gasteiger partial charge is 0.493 e. The molecule has 0 saturated carbocycles. The fourth-order valence-corrected chi connectivity index (χ4v) is 3.16. The molecule has 126 valence electrons. The van der Waals surface area contributed by atoms with Crippen LogP contribution >= 0.6 is 0 Å². The third kappa shape index (κ3) is 4.98. The average Bonchev–Trinajstić information content (AvgIpc) is 2.45. The predicted octanol–water partition coefficient (Wildman–Crippen LogP) is 2.64. The summed E-state index contributed by atoms with van der Waals surface area (Å²) < 4.78 is 5.67. The van der Waals surface area contributed by atoms with Crippen LogP contribution in [0.25, 0.3) is 0 Å². The van der Waals surface area contributed by atoms with Crippen LogP contribution in [0, 0.1) is 25.7 Å². The number of rotatable bonds is 5. The van der Waals surface area contributed by atoms with Crippen molar-refractivity contribution < 1.29 is 19.4 Å². The third-order valence-corrected chi connectivity index (χ3v) is 4.14. The summed E-state index contributed by atoms with van der Waals surface area (Å²) in [6.07, 6.45) is 0.907. The number of hydrogen-bond acceptors (Lipinski definition) is 3. The summed E-state index contributed by atoms with van der Waals surface area (Å²) in [5, 5.41) is 9.17. The van der Waals surface area contributed by atoms with Crippen molar-refractivity contribution in [1.82, 2.24) is 4.90 Å². The van der Waals surface area contributed by atoms with Gasteiger partial charge in [-0.2, -0.15) is 0 Å². The molecule has 1 aromatic carbocycles. The fourth-order valence-electron chi connectivity index (χ4n) is 3.16. The molecule has 5 heteroatoms. The molecule has 1 fully saturated rings. The van der Waals surface area contributed by atoms with Gasteiger partial charge in [0.05, 0.1) is 18.9 Å². The molecule has 2 unspecified atom stereocenters. The monoisotopic (exact) mass is 319 g/mol. The van der Waals surface area contributed by atoms with E-state index in [1.54, 1.807) is 4.90 Å². The summed E-state index contributed by atoms with van der Waals surface area (Å²) in [5.41, 5.74) is 2.25. The Morgan fingerprint density at radius 1 is 1.22 bits per heavy atom. The summed E-state index contributed by atoms with van der Waals surface area (Å²) in [6, 6.07) is 5.96. The Morgan fingerprint density at radius 2 is 1.87 bits per heavy atom. The van der Waals surface area contributed by atoms with Crippen molar-refractivity contribution in [3.63, 3.8) is 0 Å². The number of hydrogen-bond donors (Lipinski definition) is 1.